The number of carbonyl (C=O) groups is 3. The second-order valence-corrected chi connectivity index (χ2v) is 7.59. The second kappa shape index (κ2) is 6.93. The predicted octanol–water partition coefficient (Wildman–Crippen LogP) is -0.412. The van der Waals surface area contributed by atoms with Crippen LogP contribution in [0.15, 0.2) is 9.98 Å². The SMILES string of the molecule is C[C@H](N)C(=O)N[C@@]1(C(=O)O)C[C@@H](SC2=NCN=C2)[C@H]2[C@H](C(=O)O)[C@H]21.Cl. The summed E-state index contributed by atoms with van der Waals surface area (Å²) in [6, 6.07) is -0.875. The van der Waals surface area contributed by atoms with E-state index in [2.05, 4.69) is 15.3 Å². The van der Waals surface area contributed by atoms with Gasteiger partial charge in [-0.1, -0.05) is 0 Å². The highest BCUT2D eigenvalue weighted by Gasteiger charge is 2.75. The van der Waals surface area contributed by atoms with Gasteiger partial charge in [-0.2, -0.15) is 0 Å². The Bertz CT molecular complexity index is 670. The van der Waals surface area contributed by atoms with Crippen LogP contribution in [0.1, 0.15) is 13.3 Å². The van der Waals surface area contributed by atoms with Gasteiger partial charge < -0.3 is 21.3 Å². The number of hydrogen-bond donors (Lipinski definition) is 4. The highest BCUT2D eigenvalue weighted by Crippen LogP contribution is 2.65. The Hall–Kier alpha value is -1.65. The molecule has 0 radical (unpaired) electrons. The zero-order chi connectivity index (χ0) is 17.6. The van der Waals surface area contributed by atoms with Gasteiger partial charge in [0.05, 0.1) is 18.2 Å². The van der Waals surface area contributed by atoms with Crippen LogP contribution in [0.2, 0.25) is 0 Å². The number of hydrogen-bond acceptors (Lipinski definition) is 7. The van der Waals surface area contributed by atoms with Gasteiger partial charge in [0.25, 0.3) is 0 Å². The number of aliphatic carboxylic acids is 2. The van der Waals surface area contributed by atoms with Crippen molar-refractivity contribution in [1.29, 1.82) is 0 Å². The fourth-order valence-corrected chi connectivity index (χ4v) is 5.12. The van der Waals surface area contributed by atoms with Crippen LogP contribution in [0.3, 0.4) is 0 Å². The molecule has 0 aromatic carbocycles. The molecule has 0 aromatic heterocycles. The number of carboxylic acids is 2. The molecule has 9 nitrogen and oxygen atoms in total. The van der Waals surface area contributed by atoms with E-state index >= 15 is 0 Å². The van der Waals surface area contributed by atoms with E-state index in [-0.39, 0.29) is 30.0 Å². The van der Waals surface area contributed by atoms with E-state index in [9.17, 15) is 24.6 Å². The highest BCUT2D eigenvalue weighted by molar-refractivity contribution is 8.16. The number of nitrogens with zero attached hydrogens (tertiary/aromatic N) is 2. The summed E-state index contributed by atoms with van der Waals surface area (Å²) in [5.41, 5.74) is 3.93. The van der Waals surface area contributed by atoms with Gasteiger partial charge >= 0.3 is 11.9 Å². The third kappa shape index (κ3) is 3.25. The molecular weight excluding hydrogens is 372 g/mol. The van der Waals surface area contributed by atoms with Crippen molar-refractivity contribution < 1.29 is 24.6 Å². The van der Waals surface area contributed by atoms with Crippen LogP contribution in [0, 0.1) is 17.8 Å². The van der Waals surface area contributed by atoms with Gasteiger partial charge in [0.2, 0.25) is 5.91 Å². The summed E-state index contributed by atoms with van der Waals surface area (Å²) in [6.07, 6.45) is 1.73. The van der Waals surface area contributed by atoms with Crippen molar-refractivity contribution in [2.24, 2.45) is 33.5 Å². The lowest BCUT2D eigenvalue weighted by molar-refractivity contribution is -0.149. The van der Waals surface area contributed by atoms with E-state index in [0.29, 0.717) is 11.7 Å². The van der Waals surface area contributed by atoms with Gasteiger partial charge in [-0.15, -0.1) is 24.2 Å². The average molecular weight is 391 g/mol. The molecule has 6 atom stereocenters. The number of fused-ring (bicyclic) bond motifs is 1. The Balaban J connectivity index is 0.00000225. The molecule has 1 amide bonds. The first kappa shape index (κ1) is 19.7. The van der Waals surface area contributed by atoms with Gasteiger partial charge in [-0.3, -0.25) is 19.6 Å². The first-order valence-corrected chi connectivity index (χ1v) is 8.40. The number of carboxylic acid groups (broad SMARTS) is 2. The van der Waals surface area contributed by atoms with Crippen LogP contribution in [0.25, 0.3) is 0 Å². The van der Waals surface area contributed by atoms with Crippen LogP contribution >= 0.6 is 24.2 Å². The average Bonchev–Trinajstić information content (AvgIpc) is 2.90. The molecule has 25 heavy (non-hydrogen) atoms. The fourth-order valence-electron chi connectivity index (χ4n) is 3.70. The number of aliphatic imine (C=N–C) groups is 2. The highest BCUT2D eigenvalue weighted by atomic mass is 35.5. The Labute approximate surface area is 153 Å². The van der Waals surface area contributed by atoms with Crippen LogP contribution in [0.5, 0.6) is 0 Å². The number of amides is 1. The van der Waals surface area contributed by atoms with E-state index < -0.39 is 41.3 Å². The largest absolute Gasteiger partial charge is 0.481 e. The van der Waals surface area contributed by atoms with E-state index in [4.69, 9.17) is 5.73 Å². The summed E-state index contributed by atoms with van der Waals surface area (Å²) in [5.74, 6) is -4.63. The summed E-state index contributed by atoms with van der Waals surface area (Å²) in [5, 5.41) is 22.1. The number of nitrogens with one attached hydrogen (secondary N) is 1. The van der Waals surface area contributed by atoms with Crippen molar-refractivity contribution >= 4 is 53.3 Å². The Morgan fingerprint density at radius 1 is 1.44 bits per heavy atom. The quantitative estimate of drug-likeness (QED) is 0.497. The molecule has 2 saturated carbocycles. The molecule has 0 spiro atoms. The van der Waals surface area contributed by atoms with Crippen molar-refractivity contribution in [3.05, 3.63) is 0 Å². The first-order chi connectivity index (χ1) is 11.3. The number of rotatable bonds is 5. The summed E-state index contributed by atoms with van der Waals surface area (Å²) < 4.78 is 0. The minimum absolute atomic E-state index is 0. The van der Waals surface area contributed by atoms with Crippen molar-refractivity contribution in [3.8, 4) is 0 Å². The number of nitrogens with two attached hydrogens (primary N) is 1. The number of carbonyl (C=O) groups excluding carboxylic acids is 1. The van der Waals surface area contributed by atoms with E-state index in [0.717, 1.165) is 0 Å². The van der Waals surface area contributed by atoms with Crippen LogP contribution in [0.4, 0.5) is 0 Å². The summed E-state index contributed by atoms with van der Waals surface area (Å²) >= 11 is 1.33. The predicted molar refractivity (Wildman–Crippen MR) is 94.3 cm³/mol. The third-order valence-corrected chi connectivity index (χ3v) is 6.07. The zero-order valence-electron chi connectivity index (χ0n) is 13.3. The molecule has 11 heteroatoms. The lowest BCUT2D eigenvalue weighted by Gasteiger charge is -2.30. The van der Waals surface area contributed by atoms with Crippen molar-refractivity contribution in [3.63, 3.8) is 0 Å². The lowest BCUT2D eigenvalue weighted by Crippen LogP contribution is -2.59. The van der Waals surface area contributed by atoms with Crippen LogP contribution < -0.4 is 11.1 Å². The van der Waals surface area contributed by atoms with E-state index in [1.165, 1.54) is 18.7 Å². The minimum atomic E-state index is -1.60. The maximum atomic E-state index is 12.0. The molecular formula is C14H19ClN4O5S. The Morgan fingerprint density at radius 2 is 2.12 bits per heavy atom. The molecule has 0 saturated heterocycles. The molecule has 2 aliphatic carbocycles. The molecule has 0 unspecified atom stereocenters. The smallest absolute Gasteiger partial charge is 0.329 e. The monoisotopic (exact) mass is 390 g/mol. The summed E-state index contributed by atoms with van der Waals surface area (Å²) in [7, 11) is 0. The molecule has 0 bridgehead atoms. The molecule has 1 heterocycles. The standard InChI is InChI=1S/C14H18N4O5S.ClH/c1-5(15)11(19)18-14(13(22)23)2-6(24-7-3-16-4-17-7)8-9(10(8)14)12(20)21;/h3,5-6,8-10H,2,4,15H2,1H3,(H,18,19)(H,20,21)(H,22,23);1H/t5-,6+,8-,9-,10-,14-;/m0./s1. The van der Waals surface area contributed by atoms with Gasteiger partial charge in [-0.25, -0.2) is 4.79 Å². The number of halogens is 1. The molecule has 0 aromatic rings. The summed E-state index contributed by atoms with van der Waals surface area (Å²) in [6.45, 7) is 1.78. The molecule has 3 rings (SSSR count). The van der Waals surface area contributed by atoms with Gasteiger partial charge in [0.1, 0.15) is 17.3 Å². The van der Waals surface area contributed by atoms with E-state index in [1.807, 2.05) is 0 Å². The zero-order valence-corrected chi connectivity index (χ0v) is 14.9. The fraction of sp³-hybridized carbons (Fsp3) is 0.643. The third-order valence-electron chi connectivity index (χ3n) is 4.81. The lowest BCUT2D eigenvalue weighted by atomic mass is 9.89. The topological polar surface area (TPSA) is 154 Å². The van der Waals surface area contributed by atoms with Crippen molar-refractivity contribution in [2.75, 3.05) is 6.67 Å². The molecule has 138 valence electrons. The van der Waals surface area contributed by atoms with Gasteiger partial charge in [0.15, 0.2) is 0 Å². The minimum Gasteiger partial charge on any atom is -0.481 e. The van der Waals surface area contributed by atoms with Crippen molar-refractivity contribution in [1.82, 2.24) is 5.32 Å². The van der Waals surface area contributed by atoms with Gasteiger partial charge in [0, 0.05) is 11.2 Å². The Kier molecular flexibility index (Phi) is 5.45. The van der Waals surface area contributed by atoms with E-state index in [1.54, 1.807) is 6.21 Å². The maximum absolute atomic E-state index is 12.0. The molecule has 3 aliphatic rings. The van der Waals surface area contributed by atoms with Crippen molar-refractivity contribution in [2.45, 2.75) is 30.2 Å². The molecule has 1 aliphatic heterocycles. The van der Waals surface area contributed by atoms with Crippen LogP contribution in [-0.2, 0) is 14.4 Å². The normalized spacial score (nSPS) is 36.0. The second-order valence-electron chi connectivity index (χ2n) is 6.33. The molecule has 2 fully saturated rings. The first-order valence-electron chi connectivity index (χ1n) is 7.52. The maximum Gasteiger partial charge on any atom is 0.329 e. The Morgan fingerprint density at radius 3 is 2.60 bits per heavy atom. The summed E-state index contributed by atoms with van der Waals surface area (Å²) in [4.78, 5) is 43.6. The van der Waals surface area contributed by atoms with Crippen LogP contribution in [-0.4, -0.2) is 62.8 Å². The van der Waals surface area contributed by atoms with Gasteiger partial charge in [-0.05, 0) is 19.3 Å². The molecule has 5 N–H and O–H groups in total. The number of thioether (sulfide) groups is 1.